The number of benzene rings is 1. The maximum absolute atomic E-state index is 6.11. The van der Waals surface area contributed by atoms with Crippen LogP contribution in [0.3, 0.4) is 0 Å². The van der Waals surface area contributed by atoms with Crippen molar-refractivity contribution in [2.45, 2.75) is 0 Å². The molecular weight excluding hydrogens is 198 g/mol. The van der Waals surface area contributed by atoms with Crippen molar-refractivity contribution >= 4 is 11.6 Å². The molecule has 14 heavy (non-hydrogen) atoms. The lowest BCUT2D eigenvalue weighted by Crippen LogP contribution is -1.87. The Labute approximate surface area is 87.5 Å². The number of hydrogen-bond acceptors (Lipinski definition) is 1. The Kier molecular flexibility index (Phi) is 2.46. The van der Waals surface area contributed by atoms with E-state index in [1.807, 2.05) is 36.7 Å². The van der Waals surface area contributed by atoms with Gasteiger partial charge in [0, 0.05) is 23.5 Å². The van der Waals surface area contributed by atoms with E-state index < -0.39 is 0 Å². The number of hydrogen-bond donors (Lipinski definition) is 1. The van der Waals surface area contributed by atoms with Crippen LogP contribution in [-0.2, 0) is 0 Å². The molecule has 1 N–H and O–H groups in total. The Balaban J connectivity index is 2.61. The van der Waals surface area contributed by atoms with Crippen LogP contribution in [-0.4, -0.2) is 12.1 Å². The molecule has 2 nitrogen and oxygen atoms in total. The summed E-state index contributed by atoms with van der Waals surface area (Å²) in [5.74, 6) is 0.789. The Morgan fingerprint density at radius 3 is 2.79 bits per heavy atom. The molecule has 0 bridgehead atoms. The highest BCUT2D eigenvalue weighted by Gasteiger charge is 2.09. The van der Waals surface area contributed by atoms with E-state index >= 15 is 0 Å². The molecule has 72 valence electrons. The number of aromatic nitrogens is 1. The van der Waals surface area contributed by atoms with Crippen molar-refractivity contribution in [2.24, 2.45) is 0 Å². The summed E-state index contributed by atoms with van der Waals surface area (Å²) in [5, 5.41) is 0.698. The van der Waals surface area contributed by atoms with Gasteiger partial charge in [-0.1, -0.05) is 17.7 Å². The van der Waals surface area contributed by atoms with E-state index in [2.05, 4.69) is 4.98 Å². The maximum atomic E-state index is 6.11. The third kappa shape index (κ3) is 1.49. The Morgan fingerprint density at radius 2 is 2.14 bits per heavy atom. The lowest BCUT2D eigenvalue weighted by Gasteiger charge is -2.08. The van der Waals surface area contributed by atoms with E-state index in [1.54, 1.807) is 7.11 Å². The number of aromatic amines is 1. The second-order valence-corrected chi connectivity index (χ2v) is 3.32. The summed E-state index contributed by atoms with van der Waals surface area (Å²) < 4.78 is 5.25. The minimum atomic E-state index is 0.698. The van der Waals surface area contributed by atoms with Crippen molar-refractivity contribution in [3.05, 3.63) is 41.7 Å². The molecule has 0 aliphatic heterocycles. The van der Waals surface area contributed by atoms with Crippen molar-refractivity contribution in [3.8, 4) is 16.9 Å². The number of ether oxygens (including phenoxy) is 1. The van der Waals surface area contributed by atoms with Gasteiger partial charge in [0.2, 0.25) is 0 Å². The van der Waals surface area contributed by atoms with Gasteiger partial charge < -0.3 is 9.72 Å². The maximum Gasteiger partial charge on any atom is 0.128 e. The predicted octanol–water partition coefficient (Wildman–Crippen LogP) is 3.34. The fourth-order valence-corrected chi connectivity index (χ4v) is 1.71. The van der Waals surface area contributed by atoms with Gasteiger partial charge in [0.05, 0.1) is 12.1 Å². The van der Waals surface area contributed by atoms with Crippen LogP contribution in [0.15, 0.2) is 36.7 Å². The molecule has 2 rings (SSSR count). The van der Waals surface area contributed by atoms with Gasteiger partial charge in [0.25, 0.3) is 0 Å². The number of rotatable bonds is 2. The third-order valence-corrected chi connectivity index (χ3v) is 2.40. The smallest absolute Gasteiger partial charge is 0.128 e. The first-order valence-electron chi connectivity index (χ1n) is 4.28. The van der Waals surface area contributed by atoms with Crippen LogP contribution in [0.4, 0.5) is 0 Å². The summed E-state index contributed by atoms with van der Waals surface area (Å²) in [4.78, 5) is 2.99. The Hall–Kier alpha value is -1.41. The van der Waals surface area contributed by atoms with Crippen LogP contribution >= 0.6 is 11.6 Å². The van der Waals surface area contributed by atoms with Gasteiger partial charge in [0.15, 0.2) is 0 Å². The average molecular weight is 208 g/mol. The molecule has 0 radical (unpaired) electrons. The largest absolute Gasteiger partial charge is 0.496 e. The predicted molar refractivity (Wildman–Crippen MR) is 57.8 cm³/mol. The molecule has 0 amide bonds. The summed E-state index contributed by atoms with van der Waals surface area (Å²) >= 11 is 6.11. The van der Waals surface area contributed by atoms with Crippen LogP contribution < -0.4 is 4.74 Å². The normalized spacial score (nSPS) is 10.1. The molecule has 1 aromatic carbocycles. The second-order valence-electron chi connectivity index (χ2n) is 2.92. The molecule has 0 spiro atoms. The van der Waals surface area contributed by atoms with E-state index in [0.717, 1.165) is 16.9 Å². The molecule has 0 saturated heterocycles. The van der Waals surface area contributed by atoms with Gasteiger partial charge in [0.1, 0.15) is 5.75 Å². The topological polar surface area (TPSA) is 25.0 Å². The minimum absolute atomic E-state index is 0.698. The quantitative estimate of drug-likeness (QED) is 0.803. The Bertz CT molecular complexity index is 423. The first-order valence-corrected chi connectivity index (χ1v) is 4.66. The second kappa shape index (κ2) is 3.76. The summed E-state index contributed by atoms with van der Waals surface area (Å²) in [6, 6.07) is 7.58. The number of methoxy groups -OCH3 is 1. The SMILES string of the molecule is COc1cccc(Cl)c1-c1cc[nH]c1. The van der Waals surface area contributed by atoms with Gasteiger partial charge in [-0.2, -0.15) is 0 Å². The van der Waals surface area contributed by atoms with Gasteiger partial charge in [-0.15, -0.1) is 0 Å². The van der Waals surface area contributed by atoms with Crippen LogP contribution in [0.25, 0.3) is 11.1 Å². The summed E-state index contributed by atoms with van der Waals surface area (Å²) in [6.45, 7) is 0. The van der Waals surface area contributed by atoms with Gasteiger partial charge >= 0.3 is 0 Å². The molecule has 1 heterocycles. The third-order valence-electron chi connectivity index (χ3n) is 2.08. The highest BCUT2D eigenvalue weighted by molar-refractivity contribution is 6.33. The monoisotopic (exact) mass is 207 g/mol. The van der Waals surface area contributed by atoms with Crippen LogP contribution in [0.1, 0.15) is 0 Å². The minimum Gasteiger partial charge on any atom is -0.496 e. The highest BCUT2D eigenvalue weighted by atomic mass is 35.5. The van der Waals surface area contributed by atoms with E-state index in [-0.39, 0.29) is 0 Å². The average Bonchev–Trinajstić information content (AvgIpc) is 2.70. The van der Waals surface area contributed by atoms with Gasteiger partial charge in [-0.3, -0.25) is 0 Å². The van der Waals surface area contributed by atoms with Crippen molar-refractivity contribution in [3.63, 3.8) is 0 Å². The van der Waals surface area contributed by atoms with E-state index in [4.69, 9.17) is 16.3 Å². The summed E-state index contributed by atoms with van der Waals surface area (Å²) in [5.41, 5.74) is 1.96. The summed E-state index contributed by atoms with van der Waals surface area (Å²) in [7, 11) is 1.64. The zero-order chi connectivity index (χ0) is 9.97. The molecule has 2 aromatic rings. The standard InChI is InChI=1S/C11H10ClNO/c1-14-10-4-2-3-9(12)11(10)8-5-6-13-7-8/h2-7,13H,1H3. The van der Waals surface area contributed by atoms with Crippen LogP contribution in [0, 0.1) is 0 Å². The first-order chi connectivity index (χ1) is 6.83. The van der Waals surface area contributed by atoms with E-state index in [1.165, 1.54) is 0 Å². The Morgan fingerprint density at radius 1 is 1.29 bits per heavy atom. The zero-order valence-electron chi connectivity index (χ0n) is 7.75. The van der Waals surface area contributed by atoms with Crippen molar-refractivity contribution in [2.75, 3.05) is 7.11 Å². The zero-order valence-corrected chi connectivity index (χ0v) is 8.51. The fourth-order valence-electron chi connectivity index (χ4n) is 1.43. The molecule has 0 aliphatic rings. The number of halogens is 1. The van der Waals surface area contributed by atoms with Crippen molar-refractivity contribution < 1.29 is 4.74 Å². The molecule has 0 fully saturated rings. The van der Waals surface area contributed by atoms with Crippen molar-refractivity contribution in [1.82, 2.24) is 4.98 Å². The highest BCUT2D eigenvalue weighted by Crippen LogP contribution is 2.35. The summed E-state index contributed by atoms with van der Waals surface area (Å²) in [6.07, 6.45) is 3.75. The van der Waals surface area contributed by atoms with Crippen LogP contribution in [0.5, 0.6) is 5.75 Å². The molecule has 3 heteroatoms. The molecule has 0 unspecified atom stereocenters. The lowest BCUT2D eigenvalue weighted by atomic mass is 10.1. The lowest BCUT2D eigenvalue weighted by molar-refractivity contribution is 0.416. The fraction of sp³-hybridized carbons (Fsp3) is 0.0909. The number of nitrogens with one attached hydrogen (secondary N) is 1. The molecular formula is C11H10ClNO. The van der Waals surface area contributed by atoms with Gasteiger partial charge in [-0.25, -0.2) is 0 Å². The molecule has 0 aliphatic carbocycles. The number of H-pyrrole nitrogens is 1. The molecule has 1 aromatic heterocycles. The van der Waals surface area contributed by atoms with Crippen LogP contribution in [0.2, 0.25) is 5.02 Å². The van der Waals surface area contributed by atoms with Gasteiger partial charge in [-0.05, 0) is 18.2 Å². The molecule has 0 atom stereocenters. The van der Waals surface area contributed by atoms with E-state index in [0.29, 0.717) is 5.02 Å². The first kappa shape index (κ1) is 9.16. The van der Waals surface area contributed by atoms with E-state index in [9.17, 15) is 0 Å². The molecule has 0 saturated carbocycles. The van der Waals surface area contributed by atoms with Crippen molar-refractivity contribution in [1.29, 1.82) is 0 Å².